The molecule has 0 saturated heterocycles. The lowest BCUT2D eigenvalue weighted by atomic mass is 10.2. The third kappa shape index (κ3) is 4.43. The Bertz CT molecular complexity index is 1660. The Morgan fingerprint density at radius 3 is 2.60 bits per heavy atom. The number of halogens is 2. The Labute approximate surface area is 214 Å². The Morgan fingerprint density at radius 2 is 1.86 bits per heavy atom. The van der Waals surface area contributed by atoms with Crippen molar-refractivity contribution >= 4 is 46.4 Å². The maximum Gasteiger partial charge on any atom is 0.297 e. The van der Waals surface area contributed by atoms with Crippen LogP contribution in [0.4, 0.5) is 5.69 Å². The third-order valence-corrected chi connectivity index (χ3v) is 6.94. The number of hydrogen-bond donors (Lipinski definition) is 1. The van der Waals surface area contributed by atoms with Crippen molar-refractivity contribution < 1.29 is 0 Å². The van der Waals surface area contributed by atoms with Gasteiger partial charge in [0, 0.05) is 29.2 Å². The number of aromatic nitrogens is 4. The van der Waals surface area contributed by atoms with Crippen LogP contribution in [0.5, 0.6) is 0 Å². The van der Waals surface area contributed by atoms with Crippen molar-refractivity contribution in [2.45, 2.75) is 6.92 Å². The van der Waals surface area contributed by atoms with Gasteiger partial charge in [-0.05, 0) is 49.4 Å². The largest absolute Gasteiger partial charge is 0.360 e. The van der Waals surface area contributed by atoms with E-state index in [1.54, 1.807) is 38.5 Å². The Kier molecular flexibility index (Phi) is 6.34. The Balaban J connectivity index is 1.73. The van der Waals surface area contributed by atoms with E-state index in [4.69, 9.17) is 28.2 Å². The fourth-order valence-electron chi connectivity index (χ4n) is 3.69. The molecule has 0 bridgehead atoms. The first-order valence-corrected chi connectivity index (χ1v) is 12.3. The van der Waals surface area contributed by atoms with Gasteiger partial charge in [-0.15, -0.1) is 11.3 Å². The zero-order valence-corrected chi connectivity index (χ0v) is 21.1. The third-order valence-electron chi connectivity index (χ3n) is 5.56. The molecule has 176 valence electrons. The van der Waals surface area contributed by atoms with Crippen LogP contribution in [-0.2, 0) is 7.05 Å². The van der Waals surface area contributed by atoms with Gasteiger partial charge in [-0.2, -0.15) is 5.10 Å². The van der Waals surface area contributed by atoms with E-state index in [0.717, 1.165) is 17.1 Å². The van der Waals surface area contributed by atoms with Crippen LogP contribution < -0.4 is 10.4 Å². The van der Waals surface area contributed by atoms with Crippen molar-refractivity contribution in [2.24, 2.45) is 17.1 Å². The van der Waals surface area contributed by atoms with E-state index in [1.807, 2.05) is 68.0 Å². The second-order valence-corrected chi connectivity index (χ2v) is 9.41. The molecule has 10 heteroatoms. The molecule has 0 saturated carbocycles. The normalized spacial score (nSPS) is 12.2. The van der Waals surface area contributed by atoms with Gasteiger partial charge >= 0.3 is 0 Å². The van der Waals surface area contributed by atoms with Crippen molar-refractivity contribution in [3.63, 3.8) is 0 Å². The minimum atomic E-state index is -0.216. The van der Waals surface area contributed by atoms with Gasteiger partial charge in [0.15, 0.2) is 5.69 Å². The van der Waals surface area contributed by atoms with Gasteiger partial charge in [-0.25, -0.2) is 14.4 Å². The summed E-state index contributed by atoms with van der Waals surface area (Å²) in [7, 11) is 1.84. The smallest absolute Gasteiger partial charge is 0.297 e. The molecule has 0 unspecified atom stereocenters. The fourth-order valence-corrected chi connectivity index (χ4v) is 4.91. The molecule has 0 aliphatic rings. The number of aromatic amines is 1. The molecular weight excluding hydrogens is 503 g/mol. The molecule has 35 heavy (non-hydrogen) atoms. The molecule has 0 atom stereocenters. The van der Waals surface area contributed by atoms with Crippen LogP contribution in [0.3, 0.4) is 0 Å². The quantitative estimate of drug-likeness (QED) is 0.292. The molecule has 1 N–H and O–H groups in total. The number of nitrogens with one attached hydrogen (secondary N) is 1. The number of para-hydroxylation sites is 1. The Morgan fingerprint density at radius 1 is 1.06 bits per heavy atom. The maximum absolute atomic E-state index is 13.4. The topological polar surface area (TPSA) is 72.4 Å². The molecular formula is C25H20Cl2N6OS. The average Bonchev–Trinajstić information content (AvgIpc) is 3.56. The van der Waals surface area contributed by atoms with Gasteiger partial charge in [0.2, 0.25) is 4.80 Å². The number of thiazole rings is 1. The van der Waals surface area contributed by atoms with E-state index in [9.17, 15) is 4.79 Å². The highest BCUT2D eigenvalue weighted by molar-refractivity contribution is 7.07. The first-order chi connectivity index (χ1) is 16.9. The van der Waals surface area contributed by atoms with Gasteiger partial charge < -0.3 is 4.98 Å². The summed E-state index contributed by atoms with van der Waals surface area (Å²) in [4.78, 5) is 21.8. The first kappa shape index (κ1) is 23.2. The van der Waals surface area contributed by atoms with E-state index < -0.39 is 0 Å². The average molecular weight is 523 g/mol. The Hall–Kier alpha value is -3.59. The molecule has 0 spiro atoms. The summed E-state index contributed by atoms with van der Waals surface area (Å²) >= 11 is 14.1. The lowest BCUT2D eigenvalue weighted by Crippen LogP contribution is -2.19. The second-order valence-electron chi connectivity index (χ2n) is 7.73. The summed E-state index contributed by atoms with van der Waals surface area (Å²) in [6, 6.07) is 18.5. The molecule has 0 aliphatic carbocycles. The molecule has 5 aromatic rings. The first-order valence-electron chi connectivity index (χ1n) is 10.7. The second kappa shape index (κ2) is 9.58. The molecule has 0 fully saturated rings. The molecule has 3 aromatic heterocycles. The number of nitrogens with zero attached hydrogens (tertiary/aromatic N) is 5. The predicted octanol–water partition coefficient (Wildman–Crippen LogP) is 5.76. The summed E-state index contributed by atoms with van der Waals surface area (Å²) in [6.07, 6.45) is 3.51. The number of hydrogen-bond acceptors (Lipinski definition) is 4. The molecule has 3 heterocycles. The molecule has 2 aromatic carbocycles. The highest BCUT2D eigenvalue weighted by Crippen LogP contribution is 2.31. The highest BCUT2D eigenvalue weighted by Gasteiger charge is 2.17. The van der Waals surface area contributed by atoms with Crippen LogP contribution in [-0.4, -0.2) is 25.2 Å². The van der Waals surface area contributed by atoms with Crippen LogP contribution in [0.15, 0.2) is 87.1 Å². The van der Waals surface area contributed by atoms with E-state index >= 15 is 0 Å². The van der Waals surface area contributed by atoms with Crippen LogP contribution >= 0.6 is 34.5 Å². The maximum atomic E-state index is 13.4. The summed E-state index contributed by atoms with van der Waals surface area (Å²) in [5, 5.41) is 7.64. The van der Waals surface area contributed by atoms with Crippen molar-refractivity contribution in [3.8, 4) is 16.9 Å². The van der Waals surface area contributed by atoms with Crippen molar-refractivity contribution in [1.82, 2.24) is 19.0 Å². The monoisotopic (exact) mass is 522 g/mol. The van der Waals surface area contributed by atoms with E-state index in [2.05, 4.69) is 10.1 Å². The molecule has 0 amide bonds. The zero-order valence-electron chi connectivity index (χ0n) is 18.8. The van der Waals surface area contributed by atoms with E-state index in [-0.39, 0.29) is 5.56 Å². The van der Waals surface area contributed by atoms with E-state index in [0.29, 0.717) is 31.8 Å². The molecule has 0 radical (unpaired) electrons. The molecule has 5 rings (SSSR count). The SMILES string of the molecule is Cc1c(N=c2scc(-c3cc(Cl)ccc3Cl)n2N=Cc2ccc[nH]2)c(=O)n(-c2ccccc2)n1C. The summed E-state index contributed by atoms with van der Waals surface area (Å²) in [5.41, 5.74) is 3.86. The van der Waals surface area contributed by atoms with Gasteiger partial charge in [0.1, 0.15) is 0 Å². The fraction of sp³-hybridized carbons (Fsp3) is 0.0800. The minimum absolute atomic E-state index is 0.216. The molecule has 0 aliphatic heterocycles. The van der Waals surface area contributed by atoms with Crippen LogP contribution in [0.2, 0.25) is 10.0 Å². The molecule has 7 nitrogen and oxygen atoms in total. The van der Waals surface area contributed by atoms with Gasteiger partial charge in [-0.3, -0.25) is 9.48 Å². The number of H-pyrrole nitrogens is 1. The van der Waals surface area contributed by atoms with Crippen molar-refractivity contribution in [2.75, 3.05) is 0 Å². The van der Waals surface area contributed by atoms with E-state index in [1.165, 1.54) is 11.3 Å². The number of rotatable bonds is 5. The van der Waals surface area contributed by atoms with Gasteiger partial charge in [0.25, 0.3) is 5.56 Å². The standard InChI is InChI=1S/C25H20Cl2N6OS/c1-16-23(24(34)33(31(16)2)19-8-4-3-5-9-19)30-25-32(29-14-18-7-6-12-28-18)22(15-35-25)20-13-17(26)10-11-21(20)27/h3-15,28H,1-2H3. The van der Waals surface area contributed by atoms with Crippen molar-refractivity contribution in [1.29, 1.82) is 0 Å². The zero-order chi connectivity index (χ0) is 24.5. The van der Waals surface area contributed by atoms with Crippen LogP contribution in [0, 0.1) is 6.92 Å². The minimum Gasteiger partial charge on any atom is -0.360 e. The summed E-state index contributed by atoms with van der Waals surface area (Å²) in [6.45, 7) is 1.87. The van der Waals surface area contributed by atoms with Gasteiger partial charge in [-0.1, -0.05) is 41.4 Å². The van der Waals surface area contributed by atoms with Crippen LogP contribution in [0.25, 0.3) is 16.9 Å². The lowest BCUT2D eigenvalue weighted by molar-refractivity contribution is 0.630. The summed E-state index contributed by atoms with van der Waals surface area (Å²) in [5.74, 6) is 0. The highest BCUT2D eigenvalue weighted by atomic mass is 35.5. The number of benzene rings is 2. The predicted molar refractivity (Wildman–Crippen MR) is 143 cm³/mol. The van der Waals surface area contributed by atoms with Crippen molar-refractivity contribution in [3.05, 3.63) is 109 Å². The lowest BCUT2D eigenvalue weighted by Gasteiger charge is -2.07. The van der Waals surface area contributed by atoms with Crippen LogP contribution in [0.1, 0.15) is 11.4 Å². The van der Waals surface area contributed by atoms with Gasteiger partial charge in [0.05, 0.1) is 34.0 Å². The summed E-state index contributed by atoms with van der Waals surface area (Å²) < 4.78 is 5.07.